The van der Waals surface area contributed by atoms with Crippen LogP contribution in [0.5, 0.6) is 5.75 Å². The summed E-state index contributed by atoms with van der Waals surface area (Å²) in [6, 6.07) is 2.59. The van der Waals surface area contributed by atoms with E-state index >= 15 is 0 Å². The maximum absolute atomic E-state index is 8.95. The minimum Gasteiger partial charge on any atom is -0.492 e. The maximum Gasteiger partial charge on any atom is 0.177 e. The largest absolute Gasteiger partial charge is 0.492 e. The molecule has 1 aromatic heterocycles. The Balaban J connectivity index is 2.17. The van der Waals surface area contributed by atoms with Crippen LogP contribution in [-0.2, 0) is 0 Å². The highest BCUT2D eigenvalue weighted by Crippen LogP contribution is 2.43. The van der Waals surface area contributed by atoms with Crippen molar-refractivity contribution in [2.75, 3.05) is 18.2 Å². The third-order valence-electron chi connectivity index (χ3n) is 3.15. The van der Waals surface area contributed by atoms with Crippen molar-refractivity contribution < 1.29 is 4.74 Å². The molecule has 1 fully saturated rings. The van der Waals surface area contributed by atoms with E-state index in [2.05, 4.69) is 11.4 Å². The quantitative estimate of drug-likeness (QED) is 0.866. The van der Waals surface area contributed by atoms with E-state index in [4.69, 9.17) is 15.7 Å². The molecule has 0 atom stereocenters. The van der Waals surface area contributed by atoms with Crippen molar-refractivity contribution in [2.45, 2.75) is 38.1 Å². The fourth-order valence-electron chi connectivity index (χ4n) is 2.24. The van der Waals surface area contributed by atoms with Crippen LogP contribution in [0.15, 0.2) is 0 Å². The molecule has 0 spiro atoms. The molecule has 0 unspecified atom stereocenters. The van der Waals surface area contributed by atoms with Gasteiger partial charge in [-0.2, -0.15) is 5.26 Å². The molecule has 0 saturated heterocycles. The van der Waals surface area contributed by atoms with Gasteiger partial charge in [-0.25, -0.2) is 0 Å². The summed E-state index contributed by atoms with van der Waals surface area (Å²) < 4.78 is 5.27. The average Bonchev–Trinajstić information content (AvgIpc) is 2.66. The molecular weight excluding hydrogens is 234 g/mol. The van der Waals surface area contributed by atoms with Gasteiger partial charge in [-0.3, -0.25) is 0 Å². The SMILES string of the molecule is COc1c(NC2CCCCC2)sc(C#N)c1N. The van der Waals surface area contributed by atoms with Crippen LogP contribution in [0.25, 0.3) is 0 Å². The smallest absolute Gasteiger partial charge is 0.177 e. The molecule has 1 aliphatic carbocycles. The van der Waals surface area contributed by atoms with Gasteiger partial charge in [0.25, 0.3) is 0 Å². The zero-order valence-corrected chi connectivity index (χ0v) is 10.8. The molecule has 1 saturated carbocycles. The number of hydrogen-bond donors (Lipinski definition) is 2. The lowest BCUT2D eigenvalue weighted by Gasteiger charge is -2.23. The highest BCUT2D eigenvalue weighted by Gasteiger charge is 2.20. The molecular formula is C12H17N3OS. The van der Waals surface area contributed by atoms with Gasteiger partial charge >= 0.3 is 0 Å². The lowest BCUT2D eigenvalue weighted by molar-refractivity contribution is 0.417. The number of hydrogen-bond acceptors (Lipinski definition) is 5. The topological polar surface area (TPSA) is 71.1 Å². The van der Waals surface area contributed by atoms with Crippen LogP contribution in [0.1, 0.15) is 37.0 Å². The van der Waals surface area contributed by atoms with Crippen LogP contribution in [0.4, 0.5) is 10.7 Å². The molecule has 2 rings (SSSR count). The molecule has 17 heavy (non-hydrogen) atoms. The zero-order valence-electron chi connectivity index (χ0n) is 9.95. The van der Waals surface area contributed by atoms with Crippen molar-refractivity contribution in [1.29, 1.82) is 5.26 Å². The van der Waals surface area contributed by atoms with Crippen molar-refractivity contribution >= 4 is 22.0 Å². The fourth-order valence-corrected chi connectivity index (χ4v) is 3.21. The number of thiophene rings is 1. The lowest BCUT2D eigenvalue weighted by atomic mass is 9.96. The minimum absolute atomic E-state index is 0.457. The molecule has 4 nitrogen and oxygen atoms in total. The van der Waals surface area contributed by atoms with Crippen LogP contribution < -0.4 is 15.8 Å². The van der Waals surface area contributed by atoms with Gasteiger partial charge in [-0.1, -0.05) is 19.3 Å². The van der Waals surface area contributed by atoms with Crippen molar-refractivity contribution in [1.82, 2.24) is 0 Å². The summed E-state index contributed by atoms with van der Waals surface area (Å²) in [6.45, 7) is 0. The normalized spacial score (nSPS) is 16.5. The maximum atomic E-state index is 8.95. The Hall–Kier alpha value is -1.41. The second-order valence-corrected chi connectivity index (χ2v) is 5.32. The zero-order chi connectivity index (χ0) is 12.3. The van der Waals surface area contributed by atoms with E-state index in [1.54, 1.807) is 7.11 Å². The van der Waals surface area contributed by atoms with Crippen molar-refractivity contribution in [3.8, 4) is 11.8 Å². The average molecular weight is 251 g/mol. The Morgan fingerprint density at radius 1 is 1.41 bits per heavy atom. The summed E-state index contributed by atoms with van der Waals surface area (Å²) in [5.74, 6) is 0.622. The molecule has 1 aromatic rings. The molecule has 0 aromatic carbocycles. The van der Waals surface area contributed by atoms with Crippen LogP contribution in [-0.4, -0.2) is 13.2 Å². The molecule has 0 bridgehead atoms. The van der Waals surface area contributed by atoms with Gasteiger partial charge in [0.15, 0.2) is 5.75 Å². The molecule has 0 amide bonds. The molecule has 0 radical (unpaired) electrons. The highest BCUT2D eigenvalue weighted by atomic mass is 32.1. The molecule has 3 N–H and O–H groups in total. The Kier molecular flexibility index (Phi) is 3.75. The third kappa shape index (κ3) is 2.47. The minimum atomic E-state index is 0.457. The van der Waals surface area contributed by atoms with E-state index in [9.17, 15) is 0 Å². The Labute approximate surface area is 105 Å². The van der Waals surface area contributed by atoms with Gasteiger partial charge in [0.2, 0.25) is 0 Å². The monoisotopic (exact) mass is 251 g/mol. The third-order valence-corrected chi connectivity index (χ3v) is 4.17. The number of nitriles is 1. The first-order chi connectivity index (χ1) is 8.26. The van der Waals surface area contributed by atoms with Gasteiger partial charge < -0.3 is 15.8 Å². The van der Waals surface area contributed by atoms with Gasteiger partial charge in [-0.15, -0.1) is 11.3 Å². The first-order valence-corrected chi connectivity index (χ1v) is 6.70. The van der Waals surface area contributed by atoms with Crippen LogP contribution in [0.3, 0.4) is 0 Å². The standard InChI is InChI=1S/C12H17N3OS/c1-16-11-10(14)9(7-13)17-12(11)15-8-5-3-2-4-6-8/h8,15H,2-6,14H2,1H3. The molecule has 1 aliphatic rings. The van der Waals surface area contributed by atoms with Crippen LogP contribution >= 0.6 is 11.3 Å². The second-order valence-electron chi connectivity index (χ2n) is 4.30. The van der Waals surface area contributed by atoms with E-state index in [-0.39, 0.29) is 0 Å². The summed E-state index contributed by atoms with van der Waals surface area (Å²) in [5.41, 5.74) is 6.31. The first-order valence-electron chi connectivity index (χ1n) is 5.89. The summed E-state index contributed by atoms with van der Waals surface area (Å²) in [7, 11) is 1.59. The summed E-state index contributed by atoms with van der Waals surface area (Å²) >= 11 is 1.38. The second kappa shape index (κ2) is 5.28. The number of ether oxygens (including phenoxy) is 1. The number of nitrogen functional groups attached to an aromatic ring is 1. The van der Waals surface area contributed by atoms with E-state index in [0.29, 0.717) is 22.4 Å². The molecule has 1 heterocycles. The Bertz CT molecular complexity index is 430. The fraction of sp³-hybridized carbons (Fsp3) is 0.583. The number of rotatable bonds is 3. The van der Waals surface area contributed by atoms with Gasteiger partial charge in [-0.05, 0) is 12.8 Å². The van der Waals surface area contributed by atoms with E-state index in [1.165, 1.54) is 43.4 Å². The van der Waals surface area contributed by atoms with Crippen LogP contribution in [0.2, 0.25) is 0 Å². The highest BCUT2D eigenvalue weighted by molar-refractivity contribution is 7.17. The Morgan fingerprint density at radius 2 is 2.12 bits per heavy atom. The number of methoxy groups -OCH3 is 1. The lowest BCUT2D eigenvalue weighted by Crippen LogP contribution is -2.21. The van der Waals surface area contributed by atoms with Gasteiger partial charge in [0, 0.05) is 6.04 Å². The predicted octanol–water partition coefficient (Wildman–Crippen LogP) is 2.96. The number of nitrogens with one attached hydrogen (secondary N) is 1. The van der Waals surface area contributed by atoms with Gasteiger partial charge in [0.1, 0.15) is 21.6 Å². The van der Waals surface area contributed by atoms with Crippen molar-refractivity contribution in [3.63, 3.8) is 0 Å². The summed E-state index contributed by atoms with van der Waals surface area (Å²) in [4.78, 5) is 0.528. The van der Waals surface area contributed by atoms with Gasteiger partial charge in [0.05, 0.1) is 7.11 Å². The predicted molar refractivity (Wildman–Crippen MR) is 70.5 cm³/mol. The van der Waals surface area contributed by atoms with Crippen molar-refractivity contribution in [3.05, 3.63) is 4.88 Å². The number of anilines is 2. The van der Waals surface area contributed by atoms with E-state index < -0.39 is 0 Å². The Morgan fingerprint density at radius 3 is 2.71 bits per heavy atom. The molecule has 0 aliphatic heterocycles. The van der Waals surface area contributed by atoms with E-state index in [1.807, 2.05) is 0 Å². The van der Waals surface area contributed by atoms with E-state index in [0.717, 1.165) is 5.00 Å². The van der Waals surface area contributed by atoms with Crippen molar-refractivity contribution in [2.24, 2.45) is 0 Å². The number of nitrogens with two attached hydrogens (primary N) is 1. The first kappa shape index (κ1) is 12.1. The summed E-state index contributed by atoms with van der Waals surface area (Å²) in [5, 5.41) is 13.3. The molecule has 5 heteroatoms. The van der Waals surface area contributed by atoms with Crippen LogP contribution in [0, 0.1) is 11.3 Å². The summed E-state index contributed by atoms with van der Waals surface area (Å²) in [6.07, 6.45) is 6.23. The molecule has 92 valence electrons. The number of nitrogens with zero attached hydrogens (tertiary/aromatic N) is 1.